The highest BCUT2D eigenvalue weighted by atomic mass is 79.9. The molecule has 1 rings (SSSR count). The van der Waals surface area contributed by atoms with Crippen molar-refractivity contribution in [3.8, 4) is 0 Å². The molecule has 0 saturated carbocycles. The maximum absolute atomic E-state index is 10.5. The average molecular weight is 344 g/mol. The zero-order valence-corrected chi connectivity index (χ0v) is 11.2. The van der Waals surface area contributed by atoms with E-state index in [9.17, 15) is 10.1 Å². The Hall–Kier alpha value is -0.470. The lowest BCUT2D eigenvalue weighted by Gasteiger charge is -2.02. The monoisotopic (exact) mass is 342 g/mol. The fourth-order valence-electron chi connectivity index (χ4n) is 1.04. The number of alkyl halides is 1. The van der Waals surface area contributed by atoms with E-state index in [2.05, 4.69) is 26.2 Å². The normalized spacial score (nSPS) is 9.67. The number of rotatable bonds is 6. The van der Waals surface area contributed by atoms with Crippen molar-refractivity contribution in [1.82, 2.24) is 14.9 Å². The van der Waals surface area contributed by atoms with E-state index in [0.717, 1.165) is 11.9 Å². The molecule has 0 amide bonds. The van der Waals surface area contributed by atoms with E-state index in [1.807, 2.05) is 0 Å². The van der Waals surface area contributed by atoms with E-state index in [-0.39, 0.29) is 22.9 Å². The first-order valence-corrected chi connectivity index (χ1v) is 5.30. The molecule has 0 saturated heterocycles. The lowest BCUT2D eigenvalue weighted by Crippen LogP contribution is -2.22. The van der Waals surface area contributed by atoms with Gasteiger partial charge < -0.3 is 15.4 Å². The third-order valence-electron chi connectivity index (χ3n) is 1.66. The number of halogens is 2. The van der Waals surface area contributed by atoms with Gasteiger partial charge in [0.1, 0.15) is 12.4 Å². The van der Waals surface area contributed by atoms with Crippen LogP contribution in [0.5, 0.6) is 0 Å². The number of aromatic nitrogens is 2. The lowest BCUT2D eigenvalue weighted by atomic mass is 10.6. The summed E-state index contributed by atoms with van der Waals surface area (Å²) in [5, 5.41) is 14.5. The molecule has 86 valence electrons. The predicted molar refractivity (Wildman–Crippen MR) is 65.9 cm³/mol. The van der Waals surface area contributed by atoms with Crippen LogP contribution in [0.2, 0.25) is 0 Å². The van der Waals surface area contributed by atoms with Crippen LogP contribution in [0.4, 0.5) is 5.95 Å². The molecule has 0 aliphatic heterocycles. The van der Waals surface area contributed by atoms with Crippen LogP contribution in [0.15, 0.2) is 12.4 Å². The van der Waals surface area contributed by atoms with Crippen LogP contribution in [0, 0.1) is 10.1 Å². The Labute approximate surface area is 106 Å². The van der Waals surface area contributed by atoms with Crippen molar-refractivity contribution in [2.75, 3.05) is 18.4 Å². The fraction of sp³-hybridized carbons (Fsp3) is 0.571. The predicted octanol–water partition coefficient (Wildman–Crippen LogP) is 1.35. The summed E-state index contributed by atoms with van der Waals surface area (Å²) < 4.78 is 1.52. The largest absolute Gasteiger partial charge is 0.434 e. The Morgan fingerprint density at radius 3 is 2.93 bits per heavy atom. The van der Waals surface area contributed by atoms with Gasteiger partial charge in [-0.3, -0.25) is 0 Å². The summed E-state index contributed by atoms with van der Waals surface area (Å²) >= 11 is 3.28. The third kappa shape index (κ3) is 4.72. The molecule has 15 heavy (non-hydrogen) atoms. The highest BCUT2D eigenvalue weighted by Gasteiger charge is 2.12. The maximum atomic E-state index is 10.5. The molecule has 0 unspecified atom stereocenters. The van der Waals surface area contributed by atoms with Gasteiger partial charge in [0, 0.05) is 18.4 Å². The Kier molecular flexibility index (Phi) is 7.53. The van der Waals surface area contributed by atoms with Crippen molar-refractivity contribution in [2.24, 2.45) is 0 Å². The summed E-state index contributed by atoms with van der Waals surface area (Å²) in [5.41, 5.74) is 0. The summed E-state index contributed by atoms with van der Waals surface area (Å²) in [4.78, 5) is 13.6. The molecule has 8 heteroatoms. The SMILES string of the molecule is Br.O=[N+]([O-])c1nccn1CCNCCBr. The Morgan fingerprint density at radius 1 is 1.60 bits per heavy atom. The summed E-state index contributed by atoms with van der Waals surface area (Å²) in [6.07, 6.45) is 3.04. The zero-order valence-electron chi connectivity index (χ0n) is 7.93. The summed E-state index contributed by atoms with van der Waals surface area (Å²) in [6, 6.07) is 0. The second-order valence-electron chi connectivity index (χ2n) is 2.62. The van der Waals surface area contributed by atoms with Crippen molar-refractivity contribution in [2.45, 2.75) is 6.54 Å². The maximum Gasteiger partial charge on any atom is 0.434 e. The van der Waals surface area contributed by atoms with E-state index < -0.39 is 4.92 Å². The highest BCUT2D eigenvalue weighted by Crippen LogP contribution is 2.05. The van der Waals surface area contributed by atoms with Crippen LogP contribution >= 0.6 is 32.9 Å². The van der Waals surface area contributed by atoms with E-state index in [1.54, 1.807) is 6.20 Å². The first-order valence-electron chi connectivity index (χ1n) is 4.18. The Morgan fingerprint density at radius 2 is 2.33 bits per heavy atom. The summed E-state index contributed by atoms with van der Waals surface area (Å²) in [7, 11) is 0. The van der Waals surface area contributed by atoms with Crippen molar-refractivity contribution >= 4 is 38.9 Å². The molecule has 0 aliphatic rings. The molecule has 0 spiro atoms. The second-order valence-corrected chi connectivity index (χ2v) is 3.41. The van der Waals surface area contributed by atoms with Gasteiger partial charge in [-0.15, -0.1) is 17.0 Å². The van der Waals surface area contributed by atoms with E-state index in [4.69, 9.17) is 0 Å². The minimum atomic E-state index is -0.482. The number of nitro groups is 1. The van der Waals surface area contributed by atoms with Gasteiger partial charge in [-0.25, -0.2) is 4.57 Å². The van der Waals surface area contributed by atoms with Crippen LogP contribution in [0.1, 0.15) is 0 Å². The zero-order chi connectivity index (χ0) is 10.4. The molecule has 1 heterocycles. The van der Waals surface area contributed by atoms with Gasteiger partial charge in [0.25, 0.3) is 0 Å². The van der Waals surface area contributed by atoms with Crippen molar-refractivity contribution in [3.63, 3.8) is 0 Å². The van der Waals surface area contributed by atoms with Crippen LogP contribution in [-0.4, -0.2) is 32.9 Å². The lowest BCUT2D eigenvalue weighted by molar-refractivity contribution is -0.396. The topological polar surface area (TPSA) is 73.0 Å². The fourth-order valence-corrected chi connectivity index (χ4v) is 1.32. The highest BCUT2D eigenvalue weighted by molar-refractivity contribution is 9.09. The quantitative estimate of drug-likeness (QED) is 0.366. The van der Waals surface area contributed by atoms with E-state index >= 15 is 0 Å². The minimum absolute atomic E-state index is 0. The van der Waals surface area contributed by atoms with Gasteiger partial charge in [-0.2, -0.15) is 0 Å². The average Bonchev–Trinajstić information content (AvgIpc) is 2.60. The molecular weight excluding hydrogens is 332 g/mol. The van der Waals surface area contributed by atoms with Crippen LogP contribution in [0.3, 0.4) is 0 Å². The Bertz CT molecular complexity index is 305. The van der Waals surface area contributed by atoms with Crippen LogP contribution < -0.4 is 5.32 Å². The first kappa shape index (κ1) is 14.5. The molecule has 1 aromatic heterocycles. The van der Waals surface area contributed by atoms with Gasteiger partial charge in [0.2, 0.25) is 0 Å². The smallest absolute Gasteiger partial charge is 0.390 e. The van der Waals surface area contributed by atoms with Crippen LogP contribution in [0.25, 0.3) is 0 Å². The Balaban J connectivity index is 0.00000196. The number of nitrogens with one attached hydrogen (secondary N) is 1. The first-order chi connectivity index (χ1) is 6.75. The standard InChI is InChI=1S/C7H11BrN4O2.BrH/c8-1-2-9-3-5-11-6-4-10-7(11)12(13)14;/h4,6,9H,1-3,5H2;1H. The van der Waals surface area contributed by atoms with Gasteiger partial charge in [0.05, 0.1) is 6.54 Å². The van der Waals surface area contributed by atoms with Gasteiger partial charge in [-0.05, 0) is 4.92 Å². The van der Waals surface area contributed by atoms with Crippen LogP contribution in [-0.2, 0) is 6.54 Å². The molecule has 0 aliphatic carbocycles. The molecule has 0 radical (unpaired) electrons. The molecule has 0 atom stereocenters. The van der Waals surface area contributed by atoms with Gasteiger partial charge >= 0.3 is 5.95 Å². The van der Waals surface area contributed by atoms with E-state index in [0.29, 0.717) is 13.1 Å². The number of imidazole rings is 1. The molecular formula is C7H12Br2N4O2. The molecule has 1 aromatic rings. The van der Waals surface area contributed by atoms with Gasteiger partial charge in [0.15, 0.2) is 0 Å². The summed E-state index contributed by atoms with van der Waals surface area (Å²) in [6.45, 7) is 2.11. The van der Waals surface area contributed by atoms with Gasteiger partial charge in [-0.1, -0.05) is 20.9 Å². The molecule has 0 aromatic carbocycles. The van der Waals surface area contributed by atoms with Crippen molar-refractivity contribution < 1.29 is 4.92 Å². The summed E-state index contributed by atoms with van der Waals surface area (Å²) in [5.74, 6) is -0.106. The molecule has 1 N–H and O–H groups in total. The third-order valence-corrected chi connectivity index (χ3v) is 2.05. The second kappa shape index (κ2) is 7.77. The van der Waals surface area contributed by atoms with E-state index in [1.165, 1.54) is 10.8 Å². The van der Waals surface area contributed by atoms with Crippen molar-refractivity contribution in [1.29, 1.82) is 0 Å². The molecule has 0 fully saturated rings. The number of hydrogen-bond donors (Lipinski definition) is 1. The molecule has 6 nitrogen and oxygen atoms in total. The number of nitrogens with zero attached hydrogens (tertiary/aromatic N) is 3. The minimum Gasteiger partial charge on any atom is -0.390 e. The van der Waals surface area contributed by atoms with Crippen molar-refractivity contribution in [3.05, 3.63) is 22.5 Å². The molecule has 0 bridgehead atoms. The number of hydrogen-bond acceptors (Lipinski definition) is 4.